The van der Waals surface area contributed by atoms with Crippen molar-refractivity contribution < 1.29 is 23.8 Å². The normalized spacial score (nSPS) is 15.2. The number of hydrogen-bond acceptors (Lipinski definition) is 7. The Hall–Kier alpha value is -3.92. The smallest absolute Gasteiger partial charge is 0.338 e. The Bertz CT molecular complexity index is 1150. The van der Waals surface area contributed by atoms with Crippen LogP contribution in [0.4, 0.5) is 0 Å². The Labute approximate surface area is 215 Å². The number of para-hydroxylation sites is 1. The molecule has 2 aromatic carbocycles. The topological polar surface area (TPSA) is 110 Å². The average Bonchev–Trinajstić information content (AvgIpc) is 2.87. The molecule has 0 fully saturated rings. The minimum atomic E-state index is -0.598. The van der Waals surface area contributed by atoms with Gasteiger partial charge in [0.1, 0.15) is 11.5 Å². The first kappa shape index (κ1) is 26.7. The zero-order valence-corrected chi connectivity index (χ0v) is 21.3. The summed E-state index contributed by atoms with van der Waals surface area (Å²) >= 11 is 5.29. The molecular weight excluding hydrogens is 480 g/mol. The molecule has 0 radical (unpaired) electrons. The maximum absolute atomic E-state index is 12.6. The number of esters is 1. The van der Waals surface area contributed by atoms with E-state index in [1.54, 1.807) is 32.0 Å². The van der Waals surface area contributed by atoms with E-state index in [2.05, 4.69) is 21.2 Å². The minimum absolute atomic E-state index is 0.238. The van der Waals surface area contributed by atoms with Crippen LogP contribution in [0, 0.1) is 0 Å². The van der Waals surface area contributed by atoms with Crippen LogP contribution in [-0.4, -0.2) is 43.0 Å². The molecule has 0 aliphatic carbocycles. The Morgan fingerprint density at radius 1 is 1.11 bits per heavy atom. The van der Waals surface area contributed by atoms with Crippen molar-refractivity contribution >= 4 is 35.4 Å². The molecule has 3 N–H and O–H groups in total. The van der Waals surface area contributed by atoms with Crippen molar-refractivity contribution in [2.75, 3.05) is 19.8 Å². The van der Waals surface area contributed by atoms with Gasteiger partial charge in [-0.3, -0.25) is 4.79 Å². The summed E-state index contributed by atoms with van der Waals surface area (Å²) in [6.45, 7) is 6.17. The van der Waals surface area contributed by atoms with Gasteiger partial charge < -0.3 is 24.8 Å². The van der Waals surface area contributed by atoms with E-state index >= 15 is 0 Å². The number of nitrogens with one attached hydrogen (secondary N) is 3. The Balaban J connectivity index is 1.64. The van der Waals surface area contributed by atoms with Gasteiger partial charge in [0, 0.05) is 11.3 Å². The monoisotopic (exact) mass is 510 g/mol. The largest absolute Gasteiger partial charge is 0.494 e. The standard InChI is InChI=1S/C26H30N4O5S/c1-4-14-34-19-12-10-18(11-13-19)15-27-30-22(31)16-35-21-9-7-6-8-20(21)24-23(25(32)33-5-2)17(3)28-26(36)29-24/h6-13,15,24H,4-5,14,16H2,1-3H3,(H,30,31)(H2,28,29,36)/t24-/m1/s1. The van der Waals surface area contributed by atoms with Gasteiger partial charge in [0.15, 0.2) is 11.7 Å². The number of allylic oxidation sites excluding steroid dienone is 1. The number of rotatable bonds is 11. The van der Waals surface area contributed by atoms with Gasteiger partial charge in [-0.1, -0.05) is 25.1 Å². The van der Waals surface area contributed by atoms with Gasteiger partial charge in [-0.25, -0.2) is 10.2 Å². The maximum Gasteiger partial charge on any atom is 0.338 e. The summed E-state index contributed by atoms with van der Waals surface area (Å²) in [6.07, 6.45) is 2.47. The second kappa shape index (κ2) is 13.2. The summed E-state index contributed by atoms with van der Waals surface area (Å²) in [6, 6.07) is 13.9. The number of carbonyl (C=O) groups is 2. The van der Waals surface area contributed by atoms with Gasteiger partial charge in [0.25, 0.3) is 5.91 Å². The fourth-order valence-electron chi connectivity index (χ4n) is 3.48. The SMILES string of the molecule is CCCOc1ccc(C=NNC(=O)COc2ccccc2[C@H]2NC(=S)NC(C)=C2C(=O)OCC)cc1. The molecule has 1 aliphatic rings. The highest BCUT2D eigenvalue weighted by molar-refractivity contribution is 7.80. The van der Waals surface area contributed by atoms with Crippen LogP contribution in [0.15, 0.2) is 64.9 Å². The highest BCUT2D eigenvalue weighted by atomic mass is 32.1. The third-order valence-corrected chi connectivity index (χ3v) is 5.33. The van der Waals surface area contributed by atoms with E-state index in [0.29, 0.717) is 34.3 Å². The summed E-state index contributed by atoms with van der Waals surface area (Å²) in [5.41, 5.74) is 4.89. The number of ether oxygens (including phenoxy) is 3. The molecule has 9 nitrogen and oxygen atoms in total. The zero-order chi connectivity index (χ0) is 25.9. The van der Waals surface area contributed by atoms with Crippen molar-refractivity contribution in [2.24, 2.45) is 5.10 Å². The van der Waals surface area contributed by atoms with E-state index in [0.717, 1.165) is 17.7 Å². The molecule has 0 bridgehead atoms. The third kappa shape index (κ3) is 7.29. The quantitative estimate of drug-likeness (QED) is 0.183. The lowest BCUT2D eigenvalue weighted by atomic mass is 9.95. The van der Waals surface area contributed by atoms with Gasteiger partial charge in [-0.15, -0.1) is 0 Å². The number of carbonyl (C=O) groups excluding carboxylic acids is 2. The first-order valence-electron chi connectivity index (χ1n) is 11.6. The lowest BCUT2D eigenvalue weighted by molar-refractivity contribution is -0.139. The summed E-state index contributed by atoms with van der Waals surface area (Å²) < 4.78 is 16.6. The van der Waals surface area contributed by atoms with E-state index in [1.165, 1.54) is 6.21 Å². The number of thiocarbonyl (C=S) groups is 1. The summed E-state index contributed by atoms with van der Waals surface area (Å²) in [7, 11) is 0. The molecule has 1 atom stereocenters. The van der Waals surface area contributed by atoms with Crippen LogP contribution in [-0.2, 0) is 14.3 Å². The van der Waals surface area contributed by atoms with Crippen LogP contribution in [0.5, 0.6) is 11.5 Å². The van der Waals surface area contributed by atoms with Crippen molar-refractivity contribution in [1.82, 2.24) is 16.1 Å². The first-order valence-corrected chi connectivity index (χ1v) is 12.1. The van der Waals surface area contributed by atoms with Crippen molar-refractivity contribution in [3.63, 3.8) is 0 Å². The van der Waals surface area contributed by atoms with Gasteiger partial charge >= 0.3 is 5.97 Å². The van der Waals surface area contributed by atoms with Crippen LogP contribution in [0.3, 0.4) is 0 Å². The van der Waals surface area contributed by atoms with Crippen molar-refractivity contribution in [3.8, 4) is 11.5 Å². The van der Waals surface area contributed by atoms with Crippen LogP contribution >= 0.6 is 12.2 Å². The second-order valence-corrected chi connectivity index (χ2v) is 8.24. The van der Waals surface area contributed by atoms with Crippen molar-refractivity contribution in [1.29, 1.82) is 0 Å². The Morgan fingerprint density at radius 2 is 1.86 bits per heavy atom. The second-order valence-electron chi connectivity index (χ2n) is 7.83. The fourth-order valence-corrected chi connectivity index (χ4v) is 3.75. The Kier molecular flexibility index (Phi) is 9.82. The van der Waals surface area contributed by atoms with Crippen molar-refractivity contribution in [2.45, 2.75) is 33.2 Å². The van der Waals surface area contributed by atoms with Crippen LogP contribution in [0.1, 0.15) is 44.4 Å². The van der Waals surface area contributed by atoms with E-state index in [4.69, 9.17) is 26.4 Å². The van der Waals surface area contributed by atoms with E-state index in [-0.39, 0.29) is 13.2 Å². The third-order valence-electron chi connectivity index (χ3n) is 5.11. The predicted molar refractivity (Wildman–Crippen MR) is 141 cm³/mol. The minimum Gasteiger partial charge on any atom is -0.494 e. The van der Waals surface area contributed by atoms with Gasteiger partial charge in [0.2, 0.25) is 0 Å². The van der Waals surface area contributed by atoms with Gasteiger partial charge in [-0.05, 0) is 68.4 Å². The molecular formula is C26H30N4O5S. The first-order chi connectivity index (χ1) is 17.4. The molecule has 0 saturated heterocycles. The molecule has 3 rings (SSSR count). The van der Waals surface area contributed by atoms with E-state index in [1.807, 2.05) is 37.3 Å². The predicted octanol–water partition coefficient (Wildman–Crippen LogP) is 3.36. The summed E-state index contributed by atoms with van der Waals surface area (Å²) in [5.74, 6) is 0.311. The van der Waals surface area contributed by atoms with Crippen molar-refractivity contribution in [3.05, 3.63) is 70.9 Å². The number of amides is 1. The van der Waals surface area contributed by atoms with Crippen LogP contribution < -0.4 is 25.5 Å². The molecule has 2 aromatic rings. The summed E-state index contributed by atoms with van der Waals surface area (Å²) in [5, 5.41) is 10.4. The zero-order valence-electron chi connectivity index (χ0n) is 20.5. The highest BCUT2D eigenvalue weighted by Crippen LogP contribution is 2.33. The van der Waals surface area contributed by atoms with Gasteiger partial charge in [0.05, 0.1) is 31.0 Å². The molecule has 1 aliphatic heterocycles. The van der Waals surface area contributed by atoms with Crippen LogP contribution in [0.2, 0.25) is 0 Å². The number of benzene rings is 2. The molecule has 0 spiro atoms. The summed E-state index contributed by atoms with van der Waals surface area (Å²) in [4.78, 5) is 25.0. The lowest BCUT2D eigenvalue weighted by Crippen LogP contribution is -2.45. The lowest BCUT2D eigenvalue weighted by Gasteiger charge is -2.30. The van der Waals surface area contributed by atoms with Gasteiger partial charge in [-0.2, -0.15) is 5.10 Å². The molecule has 1 heterocycles. The molecule has 190 valence electrons. The molecule has 0 aromatic heterocycles. The maximum atomic E-state index is 12.6. The van der Waals surface area contributed by atoms with Crippen LogP contribution in [0.25, 0.3) is 0 Å². The molecule has 36 heavy (non-hydrogen) atoms. The van der Waals surface area contributed by atoms with E-state index < -0.39 is 17.9 Å². The molecule has 0 unspecified atom stereocenters. The Morgan fingerprint density at radius 3 is 2.58 bits per heavy atom. The fraction of sp³-hybridized carbons (Fsp3) is 0.308. The highest BCUT2D eigenvalue weighted by Gasteiger charge is 2.32. The molecule has 10 heteroatoms. The number of hydrogen-bond donors (Lipinski definition) is 3. The molecule has 1 amide bonds. The number of nitrogens with zero attached hydrogens (tertiary/aromatic N) is 1. The van der Waals surface area contributed by atoms with E-state index in [9.17, 15) is 9.59 Å². The average molecular weight is 511 g/mol. The molecule has 0 saturated carbocycles. The number of hydrazone groups is 1.